The second-order valence-corrected chi connectivity index (χ2v) is 21.5. The average molecular weight is 1730 g/mol. The molecule has 0 spiro atoms. The summed E-state index contributed by atoms with van der Waals surface area (Å²) >= 11 is 26.7. The molecule has 0 aliphatic rings. The number of halogens is 18. The van der Waals surface area contributed by atoms with Crippen molar-refractivity contribution in [3.8, 4) is 54.3 Å². The summed E-state index contributed by atoms with van der Waals surface area (Å²) in [6, 6.07) is 22.8. The SMILES string of the molecule is BrBr.C.C.C.C.C.C.C.Cc1nc(Br)c(-c2ccc(OC(F)(F)F)cc2)s1.Cc1ncc(-c2ccc(OC(F)(F)F)cc2)s1.Cc1nccs1.FC(F)(F)Oc1ccc(-c2sc(CBr)nc2Br)cc1.FC(F)(F)Oc1ccc(I)cc1.[B]=NS. The quantitative estimate of drug-likeness (QED) is 0.0528. The van der Waals surface area contributed by atoms with Crippen molar-refractivity contribution in [2.75, 3.05) is 0 Å². The fourth-order valence-electron chi connectivity index (χ4n) is 5.02. The van der Waals surface area contributed by atoms with Crippen LogP contribution in [0.5, 0.6) is 23.0 Å². The van der Waals surface area contributed by atoms with Crippen LogP contribution < -0.4 is 18.9 Å². The van der Waals surface area contributed by atoms with Crippen molar-refractivity contribution in [3.05, 3.63) is 148 Å². The molecule has 4 aromatic carbocycles. The van der Waals surface area contributed by atoms with E-state index >= 15 is 0 Å². The molecule has 0 unspecified atom stereocenters. The molecular weight excluding hydrogens is 1670 g/mol. The van der Waals surface area contributed by atoms with Gasteiger partial charge in [-0.15, -0.1) is 98.0 Å². The van der Waals surface area contributed by atoms with Gasteiger partial charge in [0.2, 0.25) is 0 Å². The summed E-state index contributed by atoms with van der Waals surface area (Å²) in [5.41, 5.74) is 2.40. The van der Waals surface area contributed by atoms with Gasteiger partial charge in [0, 0.05) is 49.6 Å². The molecule has 0 saturated heterocycles. The molecule has 0 aliphatic carbocycles. The van der Waals surface area contributed by atoms with Gasteiger partial charge in [-0.1, -0.05) is 67.9 Å². The number of hydrogen-bond acceptors (Lipinski definition) is 14. The van der Waals surface area contributed by atoms with Crippen molar-refractivity contribution < 1.29 is 71.6 Å². The monoisotopic (exact) mass is 1730 g/mol. The molecule has 84 heavy (non-hydrogen) atoms. The average Bonchev–Trinajstić information content (AvgIpc) is 4.16. The number of alkyl halides is 13. The van der Waals surface area contributed by atoms with Crippen LogP contribution in [-0.2, 0) is 5.33 Å². The molecule has 0 saturated carbocycles. The number of benzene rings is 4. The van der Waals surface area contributed by atoms with E-state index in [4.69, 9.17) is 0 Å². The predicted molar refractivity (Wildman–Crippen MR) is 355 cm³/mol. The summed E-state index contributed by atoms with van der Waals surface area (Å²) in [4.78, 5) is 19.1. The molecule has 471 valence electrons. The zero-order valence-electron chi connectivity index (χ0n) is 38.5. The minimum absolute atomic E-state index is 0. The summed E-state index contributed by atoms with van der Waals surface area (Å²) in [7, 11) is 4.34. The predicted octanol–water partition coefficient (Wildman–Crippen LogP) is 25.1. The molecule has 0 bridgehead atoms. The maximum atomic E-state index is 12.0. The van der Waals surface area contributed by atoms with Gasteiger partial charge in [-0.3, -0.25) is 4.98 Å². The first-order valence-electron chi connectivity index (χ1n) is 19.9. The van der Waals surface area contributed by atoms with Crippen molar-refractivity contribution in [1.82, 2.24) is 19.9 Å². The number of nitrogens with zero attached hydrogens (tertiary/aromatic N) is 5. The van der Waals surface area contributed by atoms with E-state index < -0.39 is 25.4 Å². The van der Waals surface area contributed by atoms with E-state index in [-0.39, 0.29) is 75.0 Å². The number of aromatic nitrogens is 4. The van der Waals surface area contributed by atoms with Crippen molar-refractivity contribution in [2.24, 2.45) is 4.30 Å². The van der Waals surface area contributed by atoms with Crippen LogP contribution in [0.3, 0.4) is 0 Å². The molecular formula is C51H59BBr5F12IN5O4S5. The second kappa shape index (κ2) is 45.4. The van der Waals surface area contributed by atoms with Crippen molar-refractivity contribution in [2.45, 2.75) is 104 Å². The molecule has 1 radical (unpaired) electrons. The molecule has 8 rings (SSSR count). The van der Waals surface area contributed by atoms with Crippen LogP contribution in [0, 0.1) is 24.3 Å². The molecule has 0 atom stereocenters. The first-order valence-corrected chi connectivity index (χ1v) is 31.1. The number of thiol groups is 1. The molecule has 0 amide bonds. The Balaban J connectivity index is -0.000000223. The van der Waals surface area contributed by atoms with Crippen molar-refractivity contribution in [3.63, 3.8) is 0 Å². The summed E-state index contributed by atoms with van der Waals surface area (Å²) in [6.45, 7) is 5.72. The van der Waals surface area contributed by atoms with Gasteiger partial charge >= 0.3 is 50.2 Å². The van der Waals surface area contributed by atoms with E-state index in [9.17, 15) is 52.7 Å². The molecule has 9 nitrogen and oxygen atoms in total. The van der Waals surface area contributed by atoms with Gasteiger partial charge in [-0.05, 0) is 189 Å². The van der Waals surface area contributed by atoms with Crippen LogP contribution in [0.25, 0.3) is 31.3 Å². The number of thiazole rings is 4. The van der Waals surface area contributed by atoms with Crippen LogP contribution in [0.4, 0.5) is 52.7 Å². The van der Waals surface area contributed by atoms with Gasteiger partial charge in [-0.2, -0.15) is 0 Å². The topological polar surface area (TPSA) is 101 Å². The van der Waals surface area contributed by atoms with E-state index in [1.165, 1.54) is 82.5 Å². The first kappa shape index (κ1) is 92.3. The van der Waals surface area contributed by atoms with Gasteiger partial charge < -0.3 is 18.9 Å². The van der Waals surface area contributed by atoms with Crippen molar-refractivity contribution >= 4 is 164 Å². The van der Waals surface area contributed by atoms with Crippen LogP contribution in [-0.4, -0.2) is 53.0 Å². The third kappa shape index (κ3) is 39.1. The first-order chi connectivity index (χ1) is 36.0. The van der Waals surface area contributed by atoms with Crippen molar-refractivity contribution in [1.29, 1.82) is 0 Å². The van der Waals surface area contributed by atoms with Gasteiger partial charge in [0.05, 0.1) is 35.0 Å². The Labute approximate surface area is 560 Å². The van der Waals surface area contributed by atoms with E-state index in [1.807, 2.05) is 48.7 Å². The van der Waals surface area contributed by atoms with E-state index in [0.29, 0.717) is 14.5 Å². The van der Waals surface area contributed by atoms with Crippen LogP contribution in [0.1, 0.15) is 72.0 Å². The van der Waals surface area contributed by atoms with Gasteiger partial charge in [0.1, 0.15) is 37.2 Å². The zero-order chi connectivity index (χ0) is 58.1. The molecule has 4 aromatic heterocycles. The number of aryl methyl sites for hydroxylation is 3. The standard InChI is InChI=1S/C11H6Br2F3NOS.C11H7BrF3NOS.C11H8F3NOS.C7H4F3IO.C4H5NS.7CH4.BHNS.Br2/c12-5-8-17-10(13)9(19-8)6-1-3-7(4-2-6)18-11(14,15)16;1-6-16-10(12)9(18-6)7-2-4-8(5-3-7)17-11(13,14)15;1-7-15-6-10(17-7)8-2-4-9(5-3-8)16-11(12,13)14;8-7(9,10)12-6-3-1-5(11)2-4-6;1-4-5-2-3-6-4;;;;;;;;1-2-3;1-2/h1-4H,5H2;2-5H,1H3;2-6H,1H3;1-4H;2-3H,1H3;7*1H4;3H;. The van der Waals surface area contributed by atoms with Gasteiger partial charge in [-0.25, -0.2) is 15.0 Å². The van der Waals surface area contributed by atoms with Crippen LogP contribution >= 0.6 is 157 Å². The molecule has 4 heterocycles. The van der Waals surface area contributed by atoms with E-state index in [1.54, 1.807) is 72.3 Å². The Morgan fingerprint density at radius 1 is 0.512 bits per heavy atom. The van der Waals surface area contributed by atoms with Gasteiger partial charge in [0.15, 0.2) is 0 Å². The molecule has 8 aromatic rings. The zero-order valence-corrected chi connectivity index (χ0v) is 52.8. The number of ether oxygens (including phenoxy) is 4. The maximum absolute atomic E-state index is 12.0. The summed E-state index contributed by atoms with van der Waals surface area (Å²) in [5.74, 6) is -0.883. The molecule has 0 fully saturated rings. The fraction of sp³-hybridized carbons (Fsp3) is 0.294. The molecule has 33 heteroatoms. The van der Waals surface area contributed by atoms with E-state index in [0.717, 1.165) is 54.9 Å². The molecule has 0 N–H and O–H groups in total. The minimum atomic E-state index is -4.67. The Morgan fingerprint density at radius 3 is 1.10 bits per heavy atom. The summed E-state index contributed by atoms with van der Waals surface area (Å²) < 4.78 is 163. The van der Waals surface area contributed by atoms with Crippen LogP contribution in [0.15, 0.2) is 128 Å². The Bertz CT molecular complexity index is 2950. The Morgan fingerprint density at radius 2 is 0.845 bits per heavy atom. The summed E-state index contributed by atoms with van der Waals surface area (Å²) in [5, 5.41) is 6.41. The number of rotatable bonds is 8. The molecule has 0 aliphatic heterocycles. The summed E-state index contributed by atoms with van der Waals surface area (Å²) in [6.07, 6.45) is -15.1. The van der Waals surface area contributed by atoms with E-state index in [2.05, 4.69) is 140 Å². The van der Waals surface area contributed by atoms with Gasteiger partial charge in [0.25, 0.3) is 0 Å². The normalized spacial score (nSPS) is 9.92. The number of hydrogen-bond donors (Lipinski definition) is 1. The second-order valence-electron chi connectivity index (χ2n) is 13.3. The third-order valence-corrected chi connectivity index (χ3v) is 14.8. The van der Waals surface area contributed by atoms with Crippen LogP contribution in [0.2, 0.25) is 0 Å². The Hall–Kier alpha value is -2.90. The fourth-order valence-corrected chi connectivity index (χ4v) is 10.4. The third-order valence-electron chi connectivity index (χ3n) is 7.73. The Kier molecular flexibility index (Phi) is 49.8.